The Balaban J connectivity index is 2.27. The van der Waals surface area contributed by atoms with Crippen molar-refractivity contribution < 1.29 is 18.0 Å². The number of halogens is 2. The molecule has 0 bridgehead atoms. The molecule has 1 atom stereocenters. The lowest BCUT2D eigenvalue weighted by atomic mass is 10.1. The molecule has 2 aromatic rings. The zero-order valence-corrected chi connectivity index (χ0v) is 20.5. The summed E-state index contributed by atoms with van der Waals surface area (Å²) in [4.78, 5) is 27.1. The predicted octanol–water partition coefficient (Wildman–Crippen LogP) is 3.56. The van der Waals surface area contributed by atoms with Crippen LogP contribution < -0.4 is 5.32 Å². The van der Waals surface area contributed by atoms with Crippen LogP contribution in [0.4, 0.5) is 0 Å². The van der Waals surface area contributed by atoms with Gasteiger partial charge in [-0.1, -0.05) is 48.3 Å². The molecule has 0 heterocycles. The normalized spacial score (nSPS) is 12.4. The molecule has 2 amide bonds. The fourth-order valence-electron chi connectivity index (χ4n) is 2.94. The Kier molecular flexibility index (Phi) is 9.51. The topological polar surface area (TPSA) is 86.8 Å². The maximum Gasteiger partial charge on any atom is 0.243 e. The molecule has 32 heavy (non-hydrogen) atoms. The average molecular weight is 500 g/mol. The van der Waals surface area contributed by atoms with Crippen LogP contribution in [0.25, 0.3) is 0 Å². The molecule has 0 radical (unpaired) electrons. The molecule has 0 saturated carbocycles. The van der Waals surface area contributed by atoms with Crippen LogP contribution in [0.3, 0.4) is 0 Å². The Hall–Kier alpha value is -2.13. The molecule has 0 fully saturated rings. The van der Waals surface area contributed by atoms with E-state index in [4.69, 9.17) is 23.2 Å². The van der Waals surface area contributed by atoms with Crippen molar-refractivity contribution in [1.82, 2.24) is 14.5 Å². The van der Waals surface area contributed by atoms with Gasteiger partial charge in [0.05, 0.1) is 11.4 Å². The van der Waals surface area contributed by atoms with Crippen molar-refractivity contribution in [2.45, 2.75) is 37.8 Å². The highest BCUT2D eigenvalue weighted by Gasteiger charge is 2.30. The number of carbonyl (C=O) groups excluding carboxylic acids is 2. The molecule has 2 aromatic carbocycles. The molecule has 0 spiro atoms. The van der Waals surface area contributed by atoms with Crippen molar-refractivity contribution in [1.29, 1.82) is 0 Å². The fourth-order valence-corrected chi connectivity index (χ4v) is 4.38. The van der Waals surface area contributed by atoms with E-state index >= 15 is 0 Å². The van der Waals surface area contributed by atoms with Crippen molar-refractivity contribution >= 4 is 45.0 Å². The second kappa shape index (κ2) is 11.7. The summed E-state index contributed by atoms with van der Waals surface area (Å²) in [5.41, 5.74) is 0.654. The molecule has 0 aliphatic rings. The molecular formula is C22H27Cl2N3O4S. The summed E-state index contributed by atoms with van der Waals surface area (Å²) >= 11 is 12.1. The largest absolute Gasteiger partial charge is 0.354 e. The SMILES string of the molecule is CCCNC(=O)[C@@H](C)N(Cc1ccccc1Cl)C(=O)CN(C)S(=O)(=O)c1ccc(Cl)cc1. The smallest absolute Gasteiger partial charge is 0.243 e. The molecule has 0 unspecified atom stereocenters. The first-order valence-corrected chi connectivity index (χ1v) is 12.3. The molecule has 0 aliphatic carbocycles. The second-order valence-corrected chi connectivity index (χ2v) is 10.2. The standard InChI is InChI=1S/C22H27Cl2N3O4S/c1-4-13-25-22(29)16(2)27(14-17-7-5-6-8-20(17)24)21(28)15-26(3)32(30,31)19-11-9-18(23)10-12-19/h5-12,16H,4,13-15H2,1-3H3,(H,25,29)/t16-/m1/s1. The highest BCUT2D eigenvalue weighted by atomic mass is 35.5. The van der Waals surface area contributed by atoms with Crippen molar-refractivity contribution in [2.75, 3.05) is 20.1 Å². The number of sulfonamides is 1. The van der Waals surface area contributed by atoms with Crippen molar-refractivity contribution in [2.24, 2.45) is 0 Å². The van der Waals surface area contributed by atoms with E-state index < -0.39 is 28.5 Å². The third-order valence-corrected chi connectivity index (χ3v) is 7.33. The van der Waals surface area contributed by atoms with E-state index in [1.807, 2.05) is 6.92 Å². The first-order valence-electron chi connectivity index (χ1n) is 10.1. The third kappa shape index (κ3) is 6.68. The number of benzene rings is 2. The minimum Gasteiger partial charge on any atom is -0.354 e. The van der Waals surface area contributed by atoms with Gasteiger partial charge in [-0.15, -0.1) is 0 Å². The van der Waals surface area contributed by atoms with Crippen LogP contribution in [0.15, 0.2) is 53.4 Å². The maximum absolute atomic E-state index is 13.2. The molecule has 10 heteroatoms. The van der Waals surface area contributed by atoms with Gasteiger partial charge >= 0.3 is 0 Å². The summed E-state index contributed by atoms with van der Waals surface area (Å²) in [6, 6.07) is 11.9. The minimum absolute atomic E-state index is 0.0172. The van der Waals surface area contributed by atoms with Gasteiger partial charge in [0.2, 0.25) is 21.8 Å². The molecule has 0 aliphatic heterocycles. The van der Waals surface area contributed by atoms with Crippen LogP contribution in [-0.2, 0) is 26.2 Å². The number of hydrogen-bond donors (Lipinski definition) is 1. The van der Waals surface area contributed by atoms with Gasteiger partial charge in [0.15, 0.2) is 0 Å². The quantitative estimate of drug-likeness (QED) is 0.541. The Bertz CT molecular complexity index is 1050. The number of nitrogens with one attached hydrogen (secondary N) is 1. The van der Waals surface area contributed by atoms with E-state index in [2.05, 4.69) is 5.32 Å². The van der Waals surface area contributed by atoms with E-state index in [0.717, 1.165) is 10.7 Å². The van der Waals surface area contributed by atoms with Crippen LogP contribution in [0.2, 0.25) is 10.0 Å². The van der Waals surface area contributed by atoms with E-state index in [1.54, 1.807) is 31.2 Å². The van der Waals surface area contributed by atoms with E-state index in [1.165, 1.54) is 36.2 Å². The monoisotopic (exact) mass is 499 g/mol. The van der Waals surface area contributed by atoms with Gasteiger partial charge in [-0.05, 0) is 49.2 Å². The first kappa shape index (κ1) is 26.1. The van der Waals surface area contributed by atoms with Gasteiger partial charge in [-0.3, -0.25) is 9.59 Å². The van der Waals surface area contributed by atoms with E-state index in [9.17, 15) is 18.0 Å². The number of carbonyl (C=O) groups is 2. The van der Waals surface area contributed by atoms with Crippen LogP contribution in [0.1, 0.15) is 25.8 Å². The van der Waals surface area contributed by atoms with Gasteiger partial charge in [0.25, 0.3) is 0 Å². The predicted molar refractivity (Wildman–Crippen MR) is 126 cm³/mol. The lowest BCUT2D eigenvalue weighted by molar-refractivity contribution is -0.140. The molecule has 0 aromatic heterocycles. The van der Waals surface area contributed by atoms with Gasteiger partial charge in [-0.2, -0.15) is 4.31 Å². The Morgan fingerprint density at radius 2 is 1.69 bits per heavy atom. The van der Waals surface area contributed by atoms with Crippen LogP contribution >= 0.6 is 23.2 Å². The number of hydrogen-bond acceptors (Lipinski definition) is 4. The first-order chi connectivity index (χ1) is 15.1. The van der Waals surface area contributed by atoms with Crippen LogP contribution in [-0.4, -0.2) is 55.6 Å². The summed E-state index contributed by atoms with van der Waals surface area (Å²) in [7, 11) is -2.61. The number of likely N-dealkylation sites (N-methyl/N-ethyl adjacent to an activating group) is 1. The highest BCUT2D eigenvalue weighted by molar-refractivity contribution is 7.89. The zero-order valence-electron chi connectivity index (χ0n) is 18.2. The van der Waals surface area contributed by atoms with Gasteiger partial charge in [0.1, 0.15) is 6.04 Å². The summed E-state index contributed by atoms with van der Waals surface area (Å²) in [5.74, 6) is -0.848. The molecular weight excluding hydrogens is 473 g/mol. The zero-order chi connectivity index (χ0) is 23.9. The molecule has 174 valence electrons. The van der Waals surface area contributed by atoms with Gasteiger partial charge in [-0.25, -0.2) is 8.42 Å². The summed E-state index contributed by atoms with van der Waals surface area (Å²) in [6.45, 7) is 3.62. The van der Waals surface area contributed by atoms with Crippen molar-refractivity contribution in [3.05, 3.63) is 64.1 Å². The number of rotatable bonds is 10. The highest BCUT2D eigenvalue weighted by Crippen LogP contribution is 2.21. The Morgan fingerprint density at radius 3 is 2.28 bits per heavy atom. The molecule has 0 saturated heterocycles. The lowest BCUT2D eigenvalue weighted by Gasteiger charge is -2.30. The summed E-state index contributed by atoms with van der Waals surface area (Å²) in [6.07, 6.45) is 0.749. The Morgan fingerprint density at radius 1 is 1.06 bits per heavy atom. The maximum atomic E-state index is 13.2. The number of nitrogens with zero attached hydrogens (tertiary/aromatic N) is 2. The fraction of sp³-hybridized carbons (Fsp3) is 0.364. The summed E-state index contributed by atoms with van der Waals surface area (Å²) < 4.78 is 26.7. The van der Waals surface area contributed by atoms with E-state index in [-0.39, 0.29) is 17.3 Å². The minimum atomic E-state index is -3.92. The van der Waals surface area contributed by atoms with Crippen molar-refractivity contribution in [3.8, 4) is 0 Å². The third-order valence-electron chi connectivity index (χ3n) is 4.89. The van der Waals surface area contributed by atoms with Gasteiger partial charge < -0.3 is 10.2 Å². The van der Waals surface area contributed by atoms with Crippen molar-refractivity contribution in [3.63, 3.8) is 0 Å². The molecule has 2 rings (SSSR count). The summed E-state index contributed by atoms with van der Waals surface area (Å²) in [5, 5.41) is 3.63. The van der Waals surface area contributed by atoms with E-state index in [0.29, 0.717) is 22.2 Å². The average Bonchev–Trinajstić information content (AvgIpc) is 2.76. The lowest BCUT2D eigenvalue weighted by Crippen LogP contribution is -2.50. The number of amides is 2. The second-order valence-electron chi connectivity index (χ2n) is 7.30. The van der Waals surface area contributed by atoms with Gasteiger partial charge in [0, 0.05) is 30.2 Å². The molecule has 7 nitrogen and oxygen atoms in total. The Labute approximate surface area is 199 Å². The van der Waals surface area contributed by atoms with Crippen LogP contribution in [0, 0.1) is 0 Å². The molecule has 1 N–H and O–H groups in total. The van der Waals surface area contributed by atoms with Crippen LogP contribution in [0.5, 0.6) is 0 Å².